The summed E-state index contributed by atoms with van der Waals surface area (Å²) in [4.78, 5) is 23.9. The lowest BCUT2D eigenvalue weighted by atomic mass is 10.1. The first-order valence-electron chi connectivity index (χ1n) is 5.61. The lowest BCUT2D eigenvalue weighted by molar-refractivity contribution is -0.127. The summed E-state index contributed by atoms with van der Waals surface area (Å²) in [6.07, 6.45) is 0.975. The molecule has 0 saturated carbocycles. The van der Waals surface area contributed by atoms with E-state index in [-0.39, 0.29) is 24.9 Å². The van der Waals surface area contributed by atoms with Gasteiger partial charge >= 0.3 is 0 Å². The van der Waals surface area contributed by atoms with Gasteiger partial charge in [0.2, 0.25) is 11.8 Å². The molecule has 0 saturated heterocycles. The highest BCUT2D eigenvalue weighted by Crippen LogP contribution is 1.95. The van der Waals surface area contributed by atoms with E-state index in [0.717, 1.165) is 6.42 Å². The Morgan fingerprint density at radius 2 is 1.81 bits per heavy atom. The Kier molecular flexibility index (Phi) is 7.54. The van der Waals surface area contributed by atoms with Crippen molar-refractivity contribution in [3.05, 3.63) is 0 Å². The smallest absolute Gasteiger partial charge is 0.236 e. The van der Waals surface area contributed by atoms with E-state index in [1.807, 2.05) is 0 Å². The van der Waals surface area contributed by atoms with Crippen LogP contribution in [0.2, 0.25) is 0 Å². The summed E-state index contributed by atoms with van der Waals surface area (Å²) in [5.41, 5.74) is 0. The third-order valence-corrected chi connectivity index (χ3v) is 2.10. The van der Waals surface area contributed by atoms with Gasteiger partial charge < -0.3 is 10.2 Å². The second-order valence-electron chi connectivity index (χ2n) is 4.42. The Hall–Kier alpha value is -1.10. The molecule has 2 amide bonds. The number of likely N-dealkylation sites (N-methyl/N-ethyl adjacent to an activating group) is 1. The van der Waals surface area contributed by atoms with Crippen molar-refractivity contribution in [2.75, 3.05) is 33.7 Å². The van der Waals surface area contributed by atoms with Gasteiger partial charge in [0, 0.05) is 20.6 Å². The Bertz CT molecular complexity index is 227. The molecule has 2 N–H and O–H groups in total. The Morgan fingerprint density at radius 3 is 2.31 bits per heavy atom. The highest BCUT2D eigenvalue weighted by molar-refractivity contribution is 5.80. The van der Waals surface area contributed by atoms with Crippen LogP contribution in [0.5, 0.6) is 0 Å². The van der Waals surface area contributed by atoms with E-state index in [0.29, 0.717) is 12.5 Å². The molecule has 5 heteroatoms. The molecule has 0 aromatic heterocycles. The summed E-state index contributed by atoms with van der Waals surface area (Å²) < 4.78 is 0. The van der Waals surface area contributed by atoms with Gasteiger partial charge in [0.15, 0.2) is 0 Å². The van der Waals surface area contributed by atoms with Crippen molar-refractivity contribution >= 4 is 11.8 Å². The van der Waals surface area contributed by atoms with Gasteiger partial charge in [0.1, 0.15) is 0 Å². The molecular weight excluding hydrogens is 206 g/mol. The molecule has 0 aromatic carbocycles. The van der Waals surface area contributed by atoms with Gasteiger partial charge in [0.25, 0.3) is 0 Å². The number of nitrogens with zero attached hydrogens (tertiary/aromatic N) is 1. The largest absolute Gasteiger partial charge is 0.355 e. The number of amides is 2. The van der Waals surface area contributed by atoms with Crippen molar-refractivity contribution < 1.29 is 9.59 Å². The Morgan fingerprint density at radius 1 is 1.19 bits per heavy atom. The van der Waals surface area contributed by atoms with Crippen molar-refractivity contribution in [1.82, 2.24) is 15.5 Å². The van der Waals surface area contributed by atoms with Crippen LogP contribution in [0.3, 0.4) is 0 Å². The van der Waals surface area contributed by atoms with E-state index in [1.165, 1.54) is 4.90 Å². The van der Waals surface area contributed by atoms with Crippen LogP contribution in [0.1, 0.15) is 20.3 Å². The quantitative estimate of drug-likeness (QED) is 0.637. The summed E-state index contributed by atoms with van der Waals surface area (Å²) in [5, 5.41) is 5.59. The number of hydrogen-bond donors (Lipinski definition) is 2. The Balaban J connectivity index is 3.48. The summed E-state index contributed by atoms with van der Waals surface area (Å²) in [5.74, 6) is 0.491. The van der Waals surface area contributed by atoms with Crippen molar-refractivity contribution in [2.45, 2.75) is 20.3 Å². The van der Waals surface area contributed by atoms with E-state index in [9.17, 15) is 9.59 Å². The molecule has 0 aliphatic heterocycles. The number of rotatable bonds is 7. The second-order valence-corrected chi connectivity index (χ2v) is 4.42. The van der Waals surface area contributed by atoms with Crippen LogP contribution in [0.4, 0.5) is 0 Å². The lowest BCUT2D eigenvalue weighted by Gasteiger charge is -2.11. The molecule has 0 aromatic rings. The minimum absolute atomic E-state index is 0.0324. The first-order chi connectivity index (χ1) is 7.43. The van der Waals surface area contributed by atoms with Crippen molar-refractivity contribution in [3.63, 3.8) is 0 Å². The zero-order valence-electron chi connectivity index (χ0n) is 10.7. The van der Waals surface area contributed by atoms with Gasteiger partial charge in [-0.05, 0) is 12.3 Å². The van der Waals surface area contributed by atoms with Gasteiger partial charge in [-0.1, -0.05) is 13.8 Å². The van der Waals surface area contributed by atoms with E-state index >= 15 is 0 Å². The molecule has 0 rings (SSSR count). The van der Waals surface area contributed by atoms with Crippen LogP contribution < -0.4 is 10.6 Å². The van der Waals surface area contributed by atoms with E-state index in [1.54, 1.807) is 14.1 Å². The van der Waals surface area contributed by atoms with Crippen LogP contribution in [0, 0.1) is 5.92 Å². The molecule has 0 atom stereocenters. The molecule has 16 heavy (non-hydrogen) atoms. The zero-order chi connectivity index (χ0) is 12.6. The van der Waals surface area contributed by atoms with Gasteiger partial charge in [0.05, 0.1) is 13.1 Å². The summed E-state index contributed by atoms with van der Waals surface area (Å²) in [6.45, 7) is 5.31. The minimum Gasteiger partial charge on any atom is -0.355 e. The zero-order valence-corrected chi connectivity index (χ0v) is 10.7. The molecule has 0 bridgehead atoms. The fourth-order valence-corrected chi connectivity index (χ4v) is 1.00. The predicted molar refractivity (Wildman–Crippen MR) is 64.0 cm³/mol. The molecule has 0 aliphatic rings. The molecular formula is C11H23N3O2. The van der Waals surface area contributed by atoms with Gasteiger partial charge in [-0.25, -0.2) is 0 Å². The van der Waals surface area contributed by atoms with E-state index in [4.69, 9.17) is 0 Å². The summed E-state index contributed by atoms with van der Waals surface area (Å²) >= 11 is 0. The van der Waals surface area contributed by atoms with Crippen LogP contribution in [-0.2, 0) is 9.59 Å². The molecule has 5 nitrogen and oxygen atoms in total. The number of nitrogens with one attached hydrogen (secondary N) is 2. The molecule has 0 aliphatic carbocycles. The van der Waals surface area contributed by atoms with E-state index in [2.05, 4.69) is 24.5 Å². The first kappa shape index (κ1) is 14.9. The third kappa shape index (κ3) is 8.23. The van der Waals surface area contributed by atoms with E-state index < -0.39 is 0 Å². The van der Waals surface area contributed by atoms with Crippen molar-refractivity contribution in [3.8, 4) is 0 Å². The molecule has 0 unspecified atom stereocenters. The number of hydrogen-bond acceptors (Lipinski definition) is 3. The summed E-state index contributed by atoms with van der Waals surface area (Å²) in [7, 11) is 3.37. The van der Waals surface area contributed by atoms with Crippen LogP contribution in [0.25, 0.3) is 0 Å². The van der Waals surface area contributed by atoms with Crippen LogP contribution in [0.15, 0.2) is 0 Å². The van der Waals surface area contributed by atoms with Crippen molar-refractivity contribution in [1.29, 1.82) is 0 Å². The highest BCUT2D eigenvalue weighted by Gasteiger charge is 2.05. The van der Waals surface area contributed by atoms with Gasteiger partial charge in [-0.3, -0.25) is 14.9 Å². The first-order valence-corrected chi connectivity index (χ1v) is 5.61. The number of carbonyl (C=O) groups excluding carboxylic acids is 2. The normalized spacial score (nSPS) is 10.3. The summed E-state index contributed by atoms with van der Waals surface area (Å²) in [6, 6.07) is 0. The minimum atomic E-state index is -0.0628. The molecule has 0 heterocycles. The maximum absolute atomic E-state index is 11.3. The number of carbonyl (C=O) groups is 2. The molecule has 94 valence electrons. The monoisotopic (exact) mass is 229 g/mol. The molecule has 0 radical (unpaired) electrons. The maximum atomic E-state index is 11.3. The van der Waals surface area contributed by atoms with Crippen molar-refractivity contribution in [2.24, 2.45) is 5.92 Å². The molecule has 0 fully saturated rings. The average Bonchev–Trinajstić information content (AvgIpc) is 2.16. The topological polar surface area (TPSA) is 61.4 Å². The maximum Gasteiger partial charge on any atom is 0.236 e. The fraction of sp³-hybridized carbons (Fsp3) is 0.818. The fourth-order valence-electron chi connectivity index (χ4n) is 1.00. The standard InChI is InChI=1S/C11H23N3O2/c1-9(2)5-6-13-10(15)7-12-8-11(16)14(3)4/h9,12H,5-8H2,1-4H3,(H,13,15). The van der Waals surface area contributed by atoms with Gasteiger partial charge in [-0.15, -0.1) is 0 Å². The Labute approximate surface area is 97.6 Å². The van der Waals surface area contributed by atoms with Crippen LogP contribution >= 0.6 is 0 Å². The second kappa shape index (κ2) is 8.10. The van der Waals surface area contributed by atoms with Crippen LogP contribution in [-0.4, -0.2) is 50.4 Å². The lowest BCUT2D eigenvalue weighted by Crippen LogP contribution is -2.39. The van der Waals surface area contributed by atoms with Gasteiger partial charge in [-0.2, -0.15) is 0 Å². The predicted octanol–water partition coefficient (Wildman–Crippen LogP) is -0.173. The average molecular weight is 229 g/mol. The highest BCUT2D eigenvalue weighted by atomic mass is 16.2. The SMILES string of the molecule is CC(C)CCNC(=O)CNCC(=O)N(C)C. The molecule has 0 spiro atoms. The third-order valence-electron chi connectivity index (χ3n) is 2.10.